The highest BCUT2D eigenvalue weighted by Crippen LogP contribution is 2.41. The topological polar surface area (TPSA) is 89.7 Å². The van der Waals surface area contributed by atoms with E-state index in [0.29, 0.717) is 6.42 Å². The van der Waals surface area contributed by atoms with Crippen molar-refractivity contribution in [2.75, 3.05) is 19.6 Å². The monoisotopic (exact) mass is 589 g/mol. The third-order valence-corrected chi connectivity index (χ3v) is 9.33. The van der Waals surface area contributed by atoms with Gasteiger partial charge < -0.3 is 15.3 Å². The van der Waals surface area contributed by atoms with Crippen molar-refractivity contribution < 1.29 is 9.90 Å². The van der Waals surface area contributed by atoms with Crippen LogP contribution in [0.25, 0.3) is 0 Å². The van der Waals surface area contributed by atoms with Gasteiger partial charge in [-0.3, -0.25) is 9.79 Å². The molecule has 3 unspecified atom stereocenters. The molecule has 3 rings (SSSR count). The van der Waals surface area contributed by atoms with Crippen molar-refractivity contribution in [1.82, 2.24) is 10.2 Å². The van der Waals surface area contributed by atoms with Crippen molar-refractivity contribution in [3.05, 3.63) is 59.7 Å². The fourth-order valence-corrected chi connectivity index (χ4v) is 6.48. The van der Waals surface area contributed by atoms with Gasteiger partial charge in [-0.25, -0.2) is 9.98 Å². The van der Waals surface area contributed by atoms with Gasteiger partial charge in [-0.2, -0.15) is 0 Å². The Morgan fingerprint density at radius 3 is 2.74 bits per heavy atom. The number of nitrogens with one attached hydrogen (secondary N) is 1. The van der Waals surface area contributed by atoms with Crippen molar-refractivity contribution in [3.8, 4) is 0 Å². The first-order valence-electron chi connectivity index (χ1n) is 16.5. The summed E-state index contributed by atoms with van der Waals surface area (Å²) >= 11 is 0. The Kier molecular flexibility index (Phi) is 13.2. The lowest BCUT2D eigenvalue weighted by molar-refractivity contribution is -0.138. The normalized spacial score (nSPS) is 28.1. The number of aliphatic imine (C=N–C) groups is 3. The molecule has 0 aliphatic carbocycles. The molecule has 3 aliphatic rings. The Bertz CT molecular complexity index is 1200. The average molecular weight is 590 g/mol. The number of amidine groups is 1. The van der Waals surface area contributed by atoms with E-state index in [1.165, 1.54) is 6.42 Å². The van der Waals surface area contributed by atoms with Crippen molar-refractivity contribution in [1.29, 1.82) is 0 Å². The number of hydrogen-bond acceptors (Lipinski definition) is 6. The van der Waals surface area contributed by atoms with Gasteiger partial charge in [0.1, 0.15) is 11.7 Å². The van der Waals surface area contributed by atoms with Crippen LogP contribution >= 0.6 is 0 Å². The van der Waals surface area contributed by atoms with Gasteiger partial charge in [0.25, 0.3) is 0 Å². The second-order valence-corrected chi connectivity index (χ2v) is 12.7. The summed E-state index contributed by atoms with van der Waals surface area (Å²) in [5.41, 5.74) is 3.42. The molecule has 2 N–H and O–H groups in total. The first-order chi connectivity index (χ1) is 20.7. The van der Waals surface area contributed by atoms with Gasteiger partial charge >= 0.3 is 5.97 Å². The summed E-state index contributed by atoms with van der Waals surface area (Å²) in [5, 5.41) is 12.8. The third-order valence-electron chi connectivity index (χ3n) is 9.33. The van der Waals surface area contributed by atoms with Crippen LogP contribution in [-0.2, 0) is 4.79 Å². The Balaban J connectivity index is 1.77. The smallest absolute Gasteiger partial charge is 0.303 e. The van der Waals surface area contributed by atoms with Crippen LogP contribution in [0.1, 0.15) is 106 Å². The largest absolute Gasteiger partial charge is 0.481 e. The Hall–Kier alpha value is -3.22. The number of carboxylic acids is 1. The zero-order valence-electron chi connectivity index (χ0n) is 27.5. The highest BCUT2D eigenvalue weighted by Gasteiger charge is 2.32. The minimum Gasteiger partial charge on any atom is -0.481 e. The molecular formula is C36H55N5O2. The molecule has 0 aromatic rings. The molecule has 0 aromatic carbocycles. The van der Waals surface area contributed by atoms with E-state index >= 15 is 0 Å². The van der Waals surface area contributed by atoms with E-state index in [4.69, 9.17) is 15.0 Å². The standard InChI is InChI=1S/C36H55N5O2/c1-7-13-31(37-10-4)35(6)18-11-22-39-34(40-30(8-2)27-35)29-14-15-32(38-23-17-29)41-24-12-19-36(9-3,21-25-41)20-16-28(5)26-33(42)43/h7,11,13-15,22-23,27-28H,8-10,12,16-21,24-26H2,1-6H3,(H,39,40)(H,42,43)/b13-7-,22-11+,30-27+,37-31?. The fourth-order valence-electron chi connectivity index (χ4n) is 6.48. The molecule has 3 heterocycles. The first kappa shape index (κ1) is 34.3. The van der Waals surface area contributed by atoms with Gasteiger partial charge in [0, 0.05) is 67.3 Å². The van der Waals surface area contributed by atoms with Crippen molar-refractivity contribution in [2.24, 2.45) is 31.7 Å². The number of aliphatic carboxylic acids is 1. The molecule has 3 aliphatic heterocycles. The molecule has 1 fully saturated rings. The molecule has 43 heavy (non-hydrogen) atoms. The van der Waals surface area contributed by atoms with E-state index in [0.717, 1.165) is 93.2 Å². The molecular weight excluding hydrogens is 534 g/mol. The van der Waals surface area contributed by atoms with Gasteiger partial charge in [0.2, 0.25) is 0 Å². The maximum Gasteiger partial charge on any atom is 0.303 e. The summed E-state index contributed by atoms with van der Waals surface area (Å²) < 4.78 is 0. The Morgan fingerprint density at radius 1 is 1.23 bits per heavy atom. The number of likely N-dealkylation sites (tertiary alicyclic amines) is 1. The first-order valence-corrected chi connectivity index (χ1v) is 16.5. The summed E-state index contributed by atoms with van der Waals surface area (Å²) in [6, 6.07) is 0. The number of hydrogen-bond donors (Lipinski definition) is 2. The number of nitrogens with zero attached hydrogens (tertiary/aromatic N) is 4. The summed E-state index contributed by atoms with van der Waals surface area (Å²) in [7, 11) is 0. The van der Waals surface area contributed by atoms with Gasteiger partial charge in [-0.05, 0) is 82.3 Å². The van der Waals surface area contributed by atoms with Crippen molar-refractivity contribution >= 4 is 23.7 Å². The molecule has 7 nitrogen and oxygen atoms in total. The van der Waals surface area contributed by atoms with Crippen LogP contribution in [0.4, 0.5) is 0 Å². The van der Waals surface area contributed by atoms with Gasteiger partial charge in [-0.1, -0.05) is 58.4 Å². The highest BCUT2D eigenvalue weighted by atomic mass is 16.4. The van der Waals surface area contributed by atoms with E-state index in [2.05, 4.69) is 81.3 Å². The average Bonchev–Trinajstić information content (AvgIpc) is 3.32. The van der Waals surface area contributed by atoms with Crippen LogP contribution < -0.4 is 5.32 Å². The molecule has 7 heteroatoms. The van der Waals surface area contributed by atoms with Crippen LogP contribution in [-0.4, -0.2) is 53.4 Å². The van der Waals surface area contributed by atoms with Crippen LogP contribution in [0.5, 0.6) is 0 Å². The molecule has 1 saturated heterocycles. The SMILES string of the molecule is C/C=C\C(=NCC)C1(C)/C=C(\CC)NC(C2=CC=C(N3CCCC(CC)(CCC(C)CC(=O)O)CC3)N=CC2)=N/C=C/C1. The summed E-state index contributed by atoms with van der Waals surface area (Å²) in [4.78, 5) is 28.2. The molecule has 0 saturated carbocycles. The van der Waals surface area contributed by atoms with E-state index in [-0.39, 0.29) is 23.2 Å². The van der Waals surface area contributed by atoms with Crippen LogP contribution in [0, 0.1) is 16.7 Å². The predicted molar refractivity (Wildman–Crippen MR) is 182 cm³/mol. The Morgan fingerprint density at radius 2 is 2.05 bits per heavy atom. The summed E-state index contributed by atoms with van der Waals surface area (Å²) in [6.45, 7) is 15.7. The lowest BCUT2D eigenvalue weighted by Gasteiger charge is -2.33. The van der Waals surface area contributed by atoms with Crippen LogP contribution in [0.3, 0.4) is 0 Å². The highest BCUT2D eigenvalue weighted by molar-refractivity contribution is 6.03. The molecule has 0 bridgehead atoms. The molecule has 3 atom stereocenters. The second-order valence-electron chi connectivity index (χ2n) is 12.7. The Labute approximate surface area is 260 Å². The van der Waals surface area contributed by atoms with Gasteiger partial charge in [0.05, 0.1) is 0 Å². The molecule has 236 valence electrons. The lowest BCUT2D eigenvalue weighted by atomic mass is 9.73. The minimum absolute atomic E-state index is 0.219. The number of rotatable bonds is 12. The van der Waals surface area contributed by atoms with Crippen molar-refractivity contribution in [3.63, 3.8) is 0 Å². The maximum absolute atomic E-state index is 11.2. The lowest BCUT2D eigenvalue weighted by Crippen LogP contribution is -2.29. The number of allylic oxidation sites excluding steroid dienone is 7. The second kappa shape index (κ2) is 16.6. The summed E-state index contributed by atoms with van der Waals surface area (Å²) in [6.07, 6.45) is 26.3. The van der Waals surface area contributed by atoms with E-state index in [9.17, 15) is 9.90 Å². The maximum atomic E-state index is 11.2. The zero-order chi connectivity index (χ0) is 31.3. The number of carboxylic acid groups (broad SMARTS) is 1. The fraction of sp³-hybridized carbons (Fsp3) is 0.611. The summed E-state index contributed by atoms with van der Waals surface area (Å²) in [5.74, 6) is 1.42. The van der Waals surface area contributed by atoms with Gasteiger partial charge in [0.15, 0.2) is 0 Å². The molecule has 0 amide bonds. The number of carbonyl (C=O) groups is 1. The molecule has 0 aromatic heterocycles. The van der Waals surface area contributed by atoms with Gasteiger partial charge in [-0.15, -0.1) is 0 Å². The molecule has 0 spiro atoms. The van der Waals surface area contributed by atoms with E-state index in [1.54, 1.807) is 0 Å². The predicted octanol–water partition coefficient (Wildman–Crippen LogP) is 8.24. The van der Waals surface area contributed by atoms with E-state index < -0.39 is 5.97 Å². The third kappa shape index (κ3) is 9.90. The minimum atomic E-state index is -0.691. The van der Waals surface area contributed by atoms with Crippen LogP contribution in [0.15, 0.2) is 74.7 Å². The quantitative estimate of drug-likeness (QED) is 0.224. The molecule has 0 radical (unpaired) electrons. The van der Waals surface area contributed by atoms with Crippen LogP contribution in [0.2, 0.25) is 0 Å². The zero-order valence-corrected chi connectivity index (χ0v) is 27.5. The van der Waals surface area contributed by atoms with Crippen molar-refractivity contribution in [2.45, 2.75) is 106 Å². The van der Waals surface area contributed by atoms with E-state index in [1.807, 2.05) is 19.3 Å².